The van der Waals surface area contributed by atoms with E-state index in [-0.39, 0.29) is 0 Å². The van der Waals surface area contributed by atoms with Gasteiger partial charge in [0.2, 0.25) is 0 Å². The summed E-state index contributed by atoms with van der Waals surface area (Å²) in [6.07, 6.45) is 1.18. The summed E-state index contributed by atoms with van der Waals surface area (Å²) in [6.45, 7) is 6.75. The van der Waals surface area contributed by atoms with E-state index >= 15 is 0 Å². The summed E-state index contributed by atoms with van der Waals surface area (Å²) < 4.78 is 9.38. The highest BCUT2D eigenvalue weighted by Gasteiger charge is 2.09. The first-order chi connectivity index (χ1) is 10.1. The average molecular weight is 299 g/mol. The zero-order valence-electron chi connectivity index (χ0n) is 12.7. The molecule has 0 fully saturated rings. The van der Waals surface area contributed by atoms with Crippen molar-refractivity contribution in [3.8, 4) is 0 Å². The van der Waals surface area contributed by atoms with Crippen LogP contribution < -0.4 is 4.72 Å². The van der Waals surface area contributed by atoms with Crippen LogP contribution in [0.25, 0.3) is 21.9 Å². The Morgan fingerprint density at radius 2 is 1.76 bits per heavy atom. The molecule has 0 spiro atoms. The quantitative estimate of drug-likeness (QED) is 0.619. The fourth-order valence-electron chi connectivity index (χ4n) is 2.69. The number of rotatable bonds is 5. The zero-order chi connectivity index (χ0) is 14.8. The zero-order valence-corrected chi connectivity index (χ0v) is 13.5. The highest BCUT2D eigenvalue weighted by atomic mass is 32.2. The Bertz CT molecular complexity index is 747. The monoisotopic (exact) mass is 299 g/mol. The molecule has 1 aromatic heterocycles. The van der Waals surface area contributed by atoms with E-state index in [4.69, 9.17) is 4.42 Å². The van der Waals surface area contributed by atoms with E-state index in [1.54, 1.807) is 11.9 Å². The molecule has 21 heavy (non-hydrogen) atoms. The van der Waals surface area contributed by atoms with Crippen LogP contribution in [0.2, 0.25) is 0 Å². The Morgan fingerprint density at radius 1 is 1.00 bits per heavy atom. The van der Waals surface area contributed by atoms with Crippen LogP contribution in [-0.4, -0.2) is 6.04 Å². The molecule has 0 saturated heterocycles. The van der Waals surface area contributed by atoms with E-state index in [1.807, 2.05) is 12.1 Å². The van der Waals surface area contributed by atoms with Crippen LogP contribution in [0.1, 0.15) is 27.2 Å². The predicted octanol–water partition coefficient (Wildman–Crippen LogP) is 5.62. The maximum atomic E-state index is 5.86. The third-order valence-electron chi connectivity index (χ3n) is 3.55. The smallest absolute Gasteiger partial charge is 0.135 e. The Morgan fingerprint density at radius 3 is 2.57 bits per heavy atom. The third kappa shape index (κ3) is 3.25. The van der Waals surface area contributed by atoms with Gasteiger partial charge in [0.15, 0.2) is 0 Å². The van der Waals surface area contributed by atoms with Crippen molar-refractivity contribution in [3.63, 3.8) is 0 Å². The van der Waals surface area contributed by atoms with E-state index in [0.717, 1.165) is 11.2 Å². The molecule has 0 aliphatic carbocycles. The standard InChI is InChI=1S/C18H21NOS/c1-12(2)10-13(3)19-21-14-8-9-18-16(11-14)15-6-4-5-7-17(15)20-18/h4-9,11-13,19H,10H2,1-3H3. The van der Waals surface area contributed by atoms with Crippen LogP contribution >= 0.6 is 11.9 Å². The van der Waals surface area contributed by atoms with Gasteiger partial charge < -0.3 is 4.42 Å². The summed E-state index contributed by atoms with van der Waals surface area (Å²) in [5, 5.41) is 2.37. The first-order valence-electron chi connectivity index (χ1n) is 7.47. The van der Waals surface area contributed by atoms with Crippen LogP contribution in [-0.2, 0) is 0 Å². The summed E-state index contributed by atoms with van der Waals surface area (Å²) in [7, 11) is 0. The highest BCUT2D eigenvalue weighted by Crippen LogP contribution is 2.31. The molecule has 1 heterocycles. The lowest BCUT2D eigenvalue weighted by atomic mass is 10.1. The summed E-state index contributed by atoms with van der Waals surface area (Å²) in [6, 6.07) is 15.1. The van der Waals surface area contributed by atoms with Crippen molar-refractivity contribution in [3.05, 3.63) is 42.5 Å². The molecule has 0 aliphatic rings. The van der Waals surface area contributed by atoms with Gasteiger partial charge in [-0.05, 0) is 55.5 Å². The molecule has 2 aromatic carbocycles. The number of hydrogen-bond donors (Lipinski definition) is 1. The van der Waals surface area contributed by atoms with Crippen LogP contribution in [0, 0.1) is 5.92 Å². The van der Waals surface area contributed by atoms with E-state index in [2.05, 4.69) is 55.8 Å². The van der Waals surface area contributed by atoms with Crippen LogP contribution in [0.5, 0.6) is 0 Å². The highest BCUT2D eigenvalue weighted by molar-refractivity contribution is 7.97. The molecular formula is C18H21NOS. The fourth-order valence-corrected chi connectivity index (χ4v) is 3.44. The second-order valence-corrected chi connectivity index (χ2v) is 6.92. The lowest BCUT2D eigenvalue weighted by Crippen LogP contribution is -2.20. The molecule has 2 nitrogen and oxygen atoms in total. The molecule has 3 heteroatoms. The van der Waals surface area contributed by atoms with Crippen molar-refractivity contribution >= 4 is 33.9 Å². The molecule has 1 unspecified atom stereocenters. The number of benzene rings is 2. The van der Waals surface area contributed by atoms with Crippen molar-refractivity contribution in [1.82, 2.24) is 4.72 Å². The molecule has 0 saturated carbocycles. The molecule has 0 radical (unpaired) electrons. The minimum Gasteiger partial charge on any atom is -0.456 e. The maximum Gasteiger partial charge on any atom is 0.135 e. The third-order valence-corrected chi connectivity index (χ3v) is 4.56. The number of para-hydroxylation sites is 1. The number of fused-ring (bicyclic) bond motifs is 3. The molecule has 110 valence electrons. The van der Waals surface area contributed by atoms with Crippen molar-refractivity contribution in [2.75, 3.05) is 0 Å². The Hall–Kier alpha value is -1.45. The molecule has 0 amide bonds. The van der Waals surface area contributed by atoms with Gasteiger partial charge in [-0.25, -0.2) is 0 Å². The van der Waals surface area contributed by atoms with Gasteiger partial charge in [0.1, 0.15) is 11.2 Å². The van der Waals surface area contributed by atoms with Gasteiger partial charge in [-0.1, -0.05) is 32.0 Å². The molecule has 1 atom stereocenters. The Balaban J connectivity index is 1.82. The lowest BCUT2D eigenvalue weighted by Gasteiger charge is -2.14. The van der Waals surface area contributed by atoms with Crippen LogP contribution in [0.15, 0.2) is 51.8 Å². The van der Waals surface area contributed by atoms with Crippen molar-refractivity contribution in [1.29, 1.82) is 0 Å². The summed E-state index contributed by atoms with van der Waals surface area (Å²) >= 11 is 1.71. The SMILES string of the molecule is CC(C)CC(C)NSc1ccc2oc3ccccc3c2c1. The summed E-state index contributed by atoms with van der Waals surface area (Å²) in [5.41, 5.74) is 1.91. The first kappa shape index (κ1) is 14.5. The first-order valence-corrected chi connectivity index (χ1v) is 8.29. The van der Waals surface area contributed by atoms with Crippen LogP contribution in [0.4, 0.5) is 0 Å². The minimum atomic E-state index is 0.506. The molecule has 0 aliphatic heterocycles. The van der Waals surface area contributed by atoms with Crippen molar-refractivity contribution in [2.45, 2.75) is 38.1 Å². The van der Waals surface area contributed by atoms with Gasteiger partial charge >= 0.3 is 0 Å². The summed E-state index contributed by atoms with van der Waals surface area (Å²) in [4.78, 5) is 1.23. The number of furan rings is 1. The average Bonchev–Trinajstić information content (AvgIpc) is 2.82. The van der Waals surface area contributed by atoms with E-state index in [1.165, 1.54) is 22.1 Å². The normalized spacial score (nSPS) is 13.3. The van der Waals surface area contributed by atoms with Gasteiger partial charge in [-0.15, -0.1) is 0 Å². The van der Waals surface area contributed by atoms with Gasteiger partial charge in [-0.2, -0.15) is 0 Å². The number of nitrogens with one attached hydrogen (secondary N) is 1. The maximum absolute atomic E-state index is 5.86. The minimum absolute atomic E-state index is 0.506. The molecule has 3 aromatic rings. The Kier molecular flexibility index (Phi) is 4.22. The van der Waals surface area contributed by atoms with Gasteiger partial charge in [-0.3, -0.25) is 4.72 Å². The molecule has 1 N–H and O–H groups in total. The van der Waals surface area contributed by atoms with Crippen molar-refractivity contribution < 1.29 is 4.42 Å². The Labute approximate surface area is 130 Å². The lowest BCUT2D eigenvalue weighted by molar-refractivity contribution is 0.502. The topological polar surface area (TPSA) is 25.2 Å². The largest absolute Gasteiger partial charge is 0.456 e. The summed E-state index contributed by atoms with van der Waals surface area (Å²) in [5.74, 6) is 0.716. The van der Waals surface area contributed by atoms with Gasteiger partial charge in [0.25, 0.3) is 0 Å². The second-order valence-electron chi connectivity index (χ2n) is 6.01. The van der Waals surface area contributed by atoms with Gasteiger partial charge in [0, 0.05) is 21.7 Å². The van der Waals surface area contributed by atoms with E-state index in [0.29, 0.717) is 12.0 Å². The van der Waals surface area contributed by atoms with Crippen LogP contribution in [0.3, 0.4) is 0 Å². The molecular weight excluding hydrogens is 278 g/mol. The predicted molar refractivity (Wildman–Crippen MR) is 91.6 cm³/mol. The second kappa shape index (κ2) is 6.12. The molecule has 0 bridgehead atoms. The van der Waals surface area contributed by atoms with Crippen molar-refractivity contribution in [2.24, 2.45) is 5.92 Å². The van der Waals surface area contributed by atoms with Gasteiger partial charge in [0.05, 0.1) is 0 Å². The number of hydrogen-bond acceptors (Lipinski definition) is 3. The van der Waals surface area contributed by atoms with E-state index < -0.39 is 0 Å². The van der Waals surface area contributed by atoms with E-state index in [9.17, 15) is 0 Å². The fraction of sp³-hybridized carbons (Fsp3) is 0.333. The molecule has 3 rings (SSSR count).